The van der Waals surface area contributed by atoms with E-state index in [4.69, 9.17) is 0 Å². The number of hydrogen-bond acceptors (Lipinski definition) is 3. The van der Waals surface area contributed by atoms with E-state index in [9.17, 15) is 19.8 Å². The Labute approximate surface area is 125 Å². The highest BCUT2D eigenvalue weighted by molar-refractivity contribution is 5.86. The molecule has 2 fully saturated rings. The average molecular weight is 298 g/mol. The van der Waals surface area contributed by atoms with Crippen LogP contribution in [0.5, 0.6) is 0 Å². The zero-order chi connectivity index (χ0) is 15.6. The zero-order valence-corrected chi connectivity index (χ0v) is 12.8. The SMILES string of the molecule is CC1CCC(NC(=O)N2CCC(O)C(C)C2)(C(=O)O)CC1. The Bertz CT molecular complexity index is 404. The summed E-state index contributed by atoms with van der Waals surface area (Å²) in [4.78, 5) is 25.6. The zero-order valence-electron chi connectivity index (χ0n) is 12.8. The molecular formula is C15H26N2O4. The summed E-state index contributed by atoms with van der Waals surface area (Å²) in [6.07, 6.45) is 2.79. The van der Waals surface area contributed by atoms with Gasteiger partial charge in [0.15, 0.2) is 0 Å². The molecule has 1 aliphatic heterocycles. The number of amides is 2. The molecular weight excluding hydrogens is 272 g/mol. The quantitative estimate of drug-likeness (QED) is 0.719. The fourth-order valence-corrected chi connectivity index (χ4v) is 3.25. The van der Waals surface area contributed by atoms with Crippen molar-refractivity contribution in [1.29, 1.82) is 0 Å². The summed E-state index contributed by atoms with van der Waals surface area (Å²) in [6, 6.07) is -0.314. The summed E-state index contributed by atoms with van der Waals surface area (Å²) < 4.78 is 0. The molecule has 2 aliphatic rings. The third-order valence-electron chi connectivity index (χ3n) is 5.03. The first-order valence-electron chi connectivity index (χ1n) is 7.82. The van der Waals surface area contributed by atoms with Crippen LogP contribution in [-0.4, -0.2) is 51.8 Å². The van der Waals surface area contributed by atoms with Gasteiger partial charge in [0.2, 0.25) is 0 Å². The van der Waals surface area contributed by atoms with Crippen LogP contribution in [0.3, 0.4) is 0 Å². The molecule has 2 unspecified atom stereocenters. The molecule has 2 atom stereocenters. The largest absolute Gasteiger partial charge is 0.480 e. The van der Waals surface area contributed by atoms with E-state index in [1.165, 1.54) is 0 Å². The molecule has 1 saturated carbocycles. The van der Waals surface area contributed by atoms with E-state index in [1.54, 1.807) is 4.90 Å². The van der Waals surface area contributed by atoms with E-state index >= 15 is 0 Å². The number of nitrogens with zero attached hydrogens (tertiary/aromatic N) is 1. The Balaban J connectivity index is 2.00. The van der Waals surface area contributed by atoms with Crippen LogP contribution in [0.25, 0.3) is 0 Å². The fourth-order valence-electron chi connectivity index (χ4n) is 3.25. The number of rotatable bonds is 2. The lowest BCUT2D eigenvalue weighted by molar-refractivity contribution is -0.146. The van der Waals surface area contributed by atoms with Crippen molar-refractivity contribution in [3.05, 3.63) is 0 Å². The maximum absolute atomic E-state index is 12.4. The minimum atomic E-state index is -1.12. The van der Waals surface area contributed by atoms with Crippen LogP contribution in [0.2, 0.25) is 0 Å². The van der Waals surface area contributed by atoms with Crippen molar-refractivity contribution in [2.24, 2.45) is 11.8 Å². The smallest absolute Gasteiger partial charge is 0.329 e. The van der Waals surface area contributed by atoms with Crippen LogP contribution in [0.15, 0.2) is 0 Å². The molecule has 0 bridgehead atoms. The number of nitrogens with one attached hydrogen (secondary N) is 1. The van der Waals surface area contributed by atoms with Gasteiger partial charge in [-0.1, -0.05) is 13.8 Å². The van der Waals surface area contributed by atoms with Gasteiger partial charge in [0.1, 0.15) is 5.54 Å². The summed E-state index contributed by atoms with van der Waals surface area (Å²) >= 11 is 0. The van der Waals surface area contributed by atoms with Gasteiger partial charge < -0.3 is 20.4 Å². The van der Waals surface area contributed by atoms with Gasteiger partial charge in [0.05, 0.1) is 6.10 Å². The molecule has 1 aliphatic carbocycles. The predicted octanol–water partition coefficient (Wildman–Crippen LogP) is 1.43. The lowest BCUT2D eigenvalue weighted by Crippen LogP contribution is -2.60. The van der Waals surface area contributed by atoms with Crippen LogP contribution < -0.4 is 5.32 Å². The van der Waals surface area contributed by atoms with Crippen LogP contribution in [0.1, 0.15) is 46.0 Å². The van der Waals surface area contributed by atoms with E-state index in [2.05, 4.69) is 12.2 Å². The summed E-state index contributed by atoms with van der Waals surface area (Å²) in [7, 11) is 0. The number of carboxylic acids is 1. The highest BCUT2D eigenvalue weighted by Gasteiger charge is 2.43. The Kier molecular flexibility index (Phi) is 4.76. The minimum absolute atomic E-state index is 0.0247. The number of likely N-dealkylation sites (tertiary alicyclic amines) is 1. The average Bonchev–Trinajstić information content (AvgIpc) is 2.44. The Hall–Kier alpha value is -1.30. The van der Waals surface area contributed by atoms with Crippen molar-refractivity contribution in [2.45, 2.75) is 57.6 Å². The van der Waals surface area contributed by atoms with E-state index in [0.29, 0.717) is 38.3 Å². The van der Waals surface area contributed by atoms with E-state index in [1.807, 2.05) is 6.92 Å². The molecule has 3 N–H and O–H groups in total. The molecule has 0 radical (unpaired) electrons. The second kappa shape index (κ2) is 6.22. The minimum Gasteiger partial charge on any atom is -0.480 e. The molecule has 120 valence electrons. The summed E-state index contributed by atoms with van der Waals surface area (Å²) in [6.45, 7) is 4.96. The van der Waals surface area contributed by atoms with Gasteiger partial charge in [-0.25, -0.2) is 9.59 Å². The topological polar surface area (TPSA) is 89.9 Å². The van der Waals surface area contributed by atoms with Gasteiger partial charge in [-0.15, -0.1) is 0 Å². The van der Waals surface area contributed by atoms with E-state index in [0.717, 1.165) is 12.8 Å². The normalized spacial score (nSPS) is 37.1. The lowest BCUT2D eigenvalue weighted by atomic mass is 9.77. The number of carboxylic acid groups (broad SMARTS) is 1. The maximum Gasteiger partial charge on any atom is 0.329 e. The maximum atomic E-state index is 12.4. The number of carbonyl (C=O) groups excluding carboxylic acids is 1. The lowest BCUT2D eigenvalue weighted by Gasteiger charge is -2.40. The second-order valence-electron chi connectivity index (χ2n) is 6.78. The van der Waals surface area contributed by atoms with Crippen molar-refractivity contribution in [3.63, 3.8) is 0 Å². The number of piperidine rings is 1. The molecule has 1 heterocycles. The molecule has 0 aromatic heterocycles. The number of hydrogen-bond donors (Lipinski definition) is 3. The summed E-state index contributed by atoms with van der Waals surface area (Å²) in [5, 5.41) is 22.0. The first-order chi connectivity index (χ1) is 9.84. The number of urea groups is 1. The monoisotopic (exact) mass is 298 g/mol. The van der Waals surface area contributed by atoms with Crippen molar-refractivity contribution in [2.75, 3.05) is 13.1 Å². The van der Waals surface area contributed by atoms with Crippen LogP contribution >= 0.6 is 0 Å². The molecule has 6 nitrogen and oxygen atoms in total. The Morgan fingerprint density at radius 3 is 2.33 bits per heavy atom. The molecule has 0 aromatic carbocycles. The van der Waals surface area contributed by atoms with Crippen LogP contribution in [-0.2, 0) is 4.79 Å². The Morgan fingerprint density at radius 2 is 1.81 bits per heavy atom. The highest BCUT2D eigenvalue weighted by Crippen LogP contribution is 2.32. The molecule has 21 heavy (non-hydrogen) atoms. The Morgan fingerprint density at radius 1 is 1.19 bits per heavy atom. The van der Waals surface area contributed by atoms with E-state index in [-0.39, 0.29) is 18.1 Å². The number of aliphatic carboxylic acids is 1. The summed E-state index contributed by atoms with van der Waals surface area (Å²) in [5.41, 5.74) is -1.12. The molecule has 0 aromatic rings. The number of aliphatic hydroxyl groups is 1. The third-order valence-corrected chi connectivity index (χ3v) is 5.03. The van der Waals surface area contributed by atoms with Crippen molar-refractivity contribution < 1.29 is 19.8 Å². The predicted molar refractivity (Wildman–Crippen MR) is 77.9 cm³/mol. The molecule has 0 spiro atoms. The third kappa shape index (κ3) is 3.48. The molecule has 1 saturated heterocycles. The fraction of sp³-hybridized carbons (Fsp3) is 0.867. The molecule has 6 heteroatoms. The molecule has 2 rings (SSSR count). The second-order valence-corrected chi connectivity index (χ2v) is 6.78. The number of carbonyl (C=O) groups is 2. The van der Waals surface area contributed by atoms with Crippen molar-refractivity contribution in [3.8, 4) is 0 Å². The first kappa shape index (κ1) is 16.1. The van der Waals surface area contributed by atoms with Crippen molar-refractivity contribution >= 4 is 12.0 Å². The van der Waals surface area contributed by atoms with Gasteiger partial charge in [-0.05, 0) is 43.9 Å². The van der Waals surface area contributed by atoms with Gasteiger partial charge in [0.25, 0.3) is 0 Å². The van der Waals surface area contributed by atoms with Gasteiger partial charge in [-0.3, -0.25) is 0 Å². The number of aliphatic hydroxyl groups excluding tert-OH is 1. The van der Waals surface area contributed by atoms with Crippen molar-refractivity contribution in [1.82, 2.24) is 10.2 Å². The standard InChI is InChI=1S/C15H26N2O4/c1-10-3-6-15(7-4-10,13(19)20)16-14(21)17-8-5-12(18)11(2)9-17/h10-12,18H,3-9H2,1-2H3,(H,16,21)(H,19,20). The summed E-state index contributed by atoms with van der Waals surface area (Å²) in [5.74, 6) is -0.399. The van der Waals surface area contributed by atoms with E-state index < -0.39 is 11.5 Å². The van der Waals surface area contributed by atoms with Gasteiger partial charge >= 0.3 is 12.0 Å². The highest BCUT2D eigenvalue weighted by atomic mass is 16.4. The van der Waals surface area contributed by atoms with Gasteiger partial charge in [0, 0.05) is 13.1 Å². The molecule has 2 amide bonds. The van der Waals surface area contributed by atoms with Crippen LogP contribution in [0.4, 0.5) is 4.79 Å². The van der Waals surface area contributed by atoms with Crippen LogP contribution in [0, 0.1) is 11.8 Å². The first-order valence-corrected chi connectivity index (χ1v) is 7.82. The van der Waals surface area contributed by atoms with Gasteiger partial charge in [-0.2, -0.15) is 0 Å².